The fraction of sp³-hybridized carbons (Fsp3) is 0.611. The molecule has 0 heterocycles. The van der Waals surface area contributed by atoms with E-state index in [1.54, 1.807) is 24.3 Å². The summed E-state index contributed by atoms with van der Waals surface area (Å²) in [5.74, 6) is 0.581. The Labute approximate surface area is 139 Å². The normalized spacial score (nSPS) is 21.8. The molecule has 1 aromatic rings. The zero-order valence-electron chi connectivity index (χ0n) is 13.6. The summed E-state index contributed by atoms with van der Waals surface area (Å²) in [4.78, 5) is 14.9. The van der Waals surface area contributed by atoms with Gasteiger partial charge in [-0.2, -0.15) is 0 Å². The Bertz CT molecular complexity index is 470. The third kappa shape index (κ3) is 4.72. The van der Waals surface area contributed by atoms with E-state index in [4.69, 9.17) is 11.6 Å². The van der Waals surface area contributed by atoms with Crippen molar-refractivity contribution in [2.45, 2.75) is 45.6 Å². The summed E-state index contributed by atoms with van der Waals surface area (Å²) in [6.45, 7) is 7.63. The maximum atomic E-state index is 12.4. The Morgan fingerprint density at radius 3 is 2.45 bits per heavy atom. The summed E-state index contributed by atoms with van der Waals surface area (Å²) in [6, 6.07) is 7.41. The van der Waals surface area contributed by atoms with E-state index in [1.807, 2.05) is 0 Å². The van der Waals surface area contributed by atoms with Gasteiger partial charge in [0.05, 0.1) is 0 Å². The second kappa shape index (κ2) is 8.54. The monoisotopic (exact) mass is 322 g/mol. The van der Waals surface area contributed by atoms with Crippen molar-refractivity contribution in [3.05, 3.63) is 34.9 Å². The van der Waals surface area contributed by atoms with E-state index in [0.717, 1.165) is 26.1 Å². The minimum Gasteiger partial charge on any atom is -0.349 e. The first-order valence-corrected chi connectivity index (χ1v) is 8.80. The molecule has 1 fully saturated rings. The molecule has 0 spiro atoms. The number of rotatable bonds is 6. The summed E-state index contributed by atoms with van der Waals surface area (Å²) in [5, 5.41) is 3.91. The van der Waals surface area contributed by atoms with Crippen LogP contribution in [0.2, 0.25) is 5.02 Å². The van der Waals surface area contributed by atoms with E-state index in [0.29, 0.717) is 16.5 Å². The molecule has 2 atom stereocenters. The molecular formula is C18H27ClN2O. The Morgan fingerprint density at radius 2 is 1.82 bits per heavy atom. The highest BCUT2D eigenvalue weighted by atomic mass is 35.5. The smallest absolute Gasteiger partial charge is 0.251 e. The topological polar surface area (TPSA) is 32.3 Å². The van der Waals surface area contributed by atoms with Crippen LogP contribution in [-0.4, -0.2) is 36.5 Å². The summed E-state index contributed by atoms with van der Waals surface area (Å²) in [5.41, 5.74) is 0.691. The fourth-order valence-corrected chi connectivity index (χ4v) is 3.41. The number of hydrogen-bond acceptors (Lipinski definition) is 2. The van der Waals surface area contributed by atoms with Crippen molar-refractivity contribution < 1.29 is 4.79 Å². The van der Waals surface area contributed by atoms with Gasteiger partial charge in [0.15, 0.2) is 0 Å². The van der Waals surface area contributed by atoms with Crippen LogP contribution in [0.15, 0.2) is 24.3 Å². The largest absolute Gasteiger partial charge is 0.349 e. The number of nitrogens with one attached hydrogen (secondary N) is 1. The quantitative estimate of drug-likeness (QED) is 0.859. The number of hydrogen-bond donors (Lipinski definition) is 1. The summed E-state index contributed by atoms with van der Waals surface area (Å²) < 4.78 is 0. The van der Waals surface area contributed by atoms with Gasteiger partial charge in [-0.25, -0.2) is 0 Å². The van der Waals surface area contributed by atoms with Gasteiger partial charge in [-0.05, 0) is 56.1 Å². The van der Waals surface area contributed by atoms with Gasteiger partial charge in [0.1, 0.15) is 0 Å². The second-order valence-corrected chi connectivity index (χ2v) is 6.55. The lowest BCUT2D eigenvalue weighted by Crippen LogP contribution is -2.46. The molecule has 0 bridgehead atoms. The lowest BCUT2D eigenvalue weighted by atomic mass is 9.84. The molecule has 2 unspecified atom stereocenters. The third-order valence-corrected chi connectivity index (χ3v) is 4.97. The first kappa shape index (κ1) is 17.3. The number of benzene rings is 1. The average molecular weight is 323 g/mol. The Kier molecular flexibility index (Phi) is 6.71. The maximum absolute atomic E-state index is 12.4. The van der Waals surface area contributed by atoms with Gasteiger partial charge in [-0.3, -0.25) is 4.79 Å². The van der Waals surface area contributed by atoms with E-state index in [1.165, 1.54) is 19.3 Å². The van der Waals surface area contributed by atoms with Gasteiger partial charge in [-0.15, -0.1) is 0 Å². The molecule has 1 amide bonds. The Balaban J connectivity index is 1.98. The van der Waals surface area contributed by atoms with Crippen LogP contribution in [0, 0.1) is 5.92 Å². The summed E-state index contributed by atoms with van der Waals surface area (Å²) in [6.07, 6.45) is 4.78. The van der Waals surface area contributed by atoms with Gasteiger partial charge in [0.25, 0.3) is 5.91 Å². The van der Waals surface area contributed by atoms with Crippen LogP contribution in [0.5, 0.6) is 0 Å². The zero-order valence-corrected chi connectivity index (χ0v) is 14.4. The van der Waals surface area contributed by atoms with Gasteiger partial charge in [0.2, 0.25) is 0 Å². The van der Waals surface area contributed by atoms with Gasteiger partial charge >= 0.3 is 0 Å². The fourth-order valence-electron chi connectivity index (χ4n) is 3.28. The Morgan fingerprint density at radius 1 is 1.18 bits per heavy atom. The van der Waals surface area contributed by atoms with Crippen molar-refractivity contribution in [3.8, 4) is 0 Å². The van der Waals surface area contributed by atoms with E-state index in [9.17, 15) is 4.79 Å². The molecule has 3 nitrogen and oxygen atoms in total. The van der Waals surface area contributed by atoms with E-state index in [2.05, 4.69) is 24.1 Å². The number of halogens is 1. The van der Waals surface area contributed by atoms with Crippen LogP contribution in [0.25, 0.3) is 0 Å². The SMILES string of the molecule is CCN(CC)CC1CCCCC1NC(=O)c1ccc(Cl)cc1. The molecule has 2 rings (SSSR count). The van der Waals surface area contributed by atoms with Crippen LogP contribution in [0.1, 0.15) is 49.9 Å². The molecule has 4 heteroatoms. The van der Waals surface area contributed by atoms with Crippen molar-refractivity contribution in [3.63, 3.8) is 0 Å². The summed E-state index contributed by atoms with van der Waals surface area (Å²) >= 11 is 5.88. The molecule has 0 saturated heterocycles. The van der Waals surface area contributed by atoms with Crippen LogP contribution in [0.4, 0.5) is 0 Å². The van der Waals surface area contributed by atoms with Crippen molar-refractivity contribution in [1.82, 2.24) is 10.2 Å². The van der Waals surface area contributed by atoms with Crippen LogP contribution in [0.3, 0.4) is 0 Å². The minimum absolute atomic E-state index is 0.0214. The first-order chi connectivity index (χ1) is 10.6. The molecule has 0 aromatic heterocycles. The molecule has 1 aliphatic rings. The number of carbonyl (C=O) groups is 1. The maximum Gasteiger partial charge on any atom is 0.251 e. The number of carbonyl (C=O) groups excluding carboxylic acids is 1. The Hall–Kier alpha value is -1.06. The minimum atomic E-state index is 0.0214. The predicted octanol–water partition coefficient (Wildman–Crippen LogP) is 3.97. The van der Waals surface area contributed by atoms with Crippen molar-refractivity contribution in [2.75, 3.05) is 19.6 Å². The molecule has 0 radical (unpaired) electrons. The highest BCUT2D eigenvalue weighted by molar-refractivity contribution is 6.30. The van der Waals surface area contributed by atoms with E-state index < -0.39 is 0 Å². The zero-order chi connectivity index (χ0) is 15.9. The van der Waals surface area contributed by atoms with E-state index in [-0.39, 0.29) is 11.9 Å². The van der Waals surface area contributed by atoms with Crippen molar-refractivity contribution in [1.29, 1.82) is 0 Å². The third-order valence-electron chi connectivity index (χ3n) is 4.72. The second-order valence-electron chi connectivity index (χ2n) is 6.12. The molecule has 1 aliphatic carbocycles. The lowest BCUT2D eigenvalue weighted by molar-refractivity contribution is 0.0888. The molecule has 1 saturated carbocycles. The molecule has 22 heavy (non-hydrogen) atoms. The molecule has 1 aromatic carbocycles. The summed E-state index contributed by atoms with van der Waals surface area (Å²) in [7, 11) is 0. The van der Waals surface area contributed by atoms with Crippen LogP contribution >= 0.6 is 11.6 Å². The highest BCUT2D eigenvalue weighted by Gasteiger charge is 2.27. The molecule has 1 N–H and O–H groups in total. The number of amides is 1. The van der Waals surface area contributed by atoms with Crippen molar-refractivity contribution in [2.24, 2.45) is 5.92 Å². The van der Waals surface area contributed by atoms with Gasteiger partial charge in [-0.1, -0.05) is 38.3 Å². The molecular weight excluding hydrogens is 296 g/mol. The lowest BCUT2D eigenvalue weighted by Gasteiger charge is -2.35. The number of nitrogens with zero attached hydrogens (tertiary/aromatic N) is 1. The van der Waals surface area contributed by atoms with Gasteiger partial charge < -0.3 is 10.2 Å². The van der Waals surface area contributed by atoms with Crippen LogP contribution < -0.4 is 5.32 Å². The van der Waals surface area contributed by atoms with Crippen molar-refractivity contribution >= 4 is 17.5 Å². The predicted molar refractivity (Wildman–Crippen MR) is 92.5 cm³/mol. The first-order valence-electron chi connectivity index (χ1n) is 8.42. The average Bonchev–Trinajstić information content (AvgIpc) is 2.54. The molecule has 0 aliphatic heterocycles. The molecule has 122 valence electrons. The standard InChI is InChI=1S/C18H27ClN2O/c1-3-21(4-2)13-15-7-5-6-8-17(15)20-18(22)14-9-11-16(19)12-10-14/h9-12,15,17H,3-8,13H2,1-2H3,(H,20,22). The van der Waals surface area contributed by atoms with Gasteiger partial charge in [0, 0.05) is 23.2 Å². The highest BCUT2D eigenvalue weighted by Crippen LogP contribution is 2.25. The van der Waals surface area contributed by atoms with E-state index >= 15 is 0 Å². The van der Waals surface area contributed by atoms with Crippen LogP contribution in [-0.2, 0) is 0 Å².